The van der Waals surface area contributed by atoms with Gasteiger partial charge in [-0.3, -0.25) is 10.1 Å². The highest BCUT2D eigenvalue weighted by Gasteiger charge is 2.47. The number of nitro groups is 1. The number of aromatic nitrogens is 1. The minimum Gasteiger partial charge on any atom is -0.491 e. The van der Waals surface area contributed by atoms with E-state index in [0.717, 1.165) is 18.0 Å². The summed E-state index contributed by atoms with van der Waals surface area (Å²) in [4.78, 5) is 25.7. The first-order chi connectivity index (χ1) is 11.4. The lowest BCUT2D eigenvalue weighted by Crippen LogP contribution is -2.46. The number of H-pyrrole nitrogens is 1. The Morgan fingerprint density at radius 3 is 2.71 bits per heavy atom. The highest BCUT2D eigenvalue weighted by molar-refractivity contribution is 5.86. The first-order valence-electron chi connectivity index (χ1n) is 7.37. The maximum absolute atomic E-state index is 11.9. The van der Waals surface area contributed by atoms with Gasteiger partial charge in [0.05, 0.1) is 20.1 Å². The normalized spacial score (nSPS) is 13.5. The number of benzene rings is 1. The number of aromatic amines is 1. The van der Waals surface area contributed by atoms with Gasteiger partial charge in [-0.05, 0) is 23.8 Å². The molecule has 24 heavy (non-hydrogen) atoms. The highest BCUT2D eigenvalue weighted by atomic mass is 16.6. The zero-order chi connectivity index (χ0) is 17.7. The van der Waals surface area contributed by atoms with E-state index in [1.165, 1.54) is 6.92 Å². The summed E-state index contributed by atoms with van der Waals surface area (Å²) in [6, 6.07) is 5.41. The van der Waals surface area contributed by atoms with Crippen molar-refractivity contribution >= 4 is 16.9 Å². The molecule has 0 spiro atoms. The number of ether oxygens (including phenoxy) is 3. The van der Waals surface area contributed by atoms with Crippen LogP contribution in [0.4, 0.5) is 0 Å². The largest absolute Gasteiger partial charge is 0.491 e. The fourth-order valence-electron chi connectivity index (χ4n) is 2.44. The lowest BCUT2D eigenvalue weighted by atomic mass is 9.93. The Morgan fingerprint density at radius 2 is 2.08 bits per heavy atom. The van der Waals surface area contributed by atoms with Gasteiger partial charge in [-0.1, -0.05) is 0 Å². The smallest absolute Gasteiger partial charge is 0.384 e. The van der Waals surface area contributed by atoms with Crippen molar-refractivity contribution in [1.29, 1.82) is 0 Å². The van der Waals surface area contributed by atoms with Crippen LogP contribution in [0, 0.1) is 10.1 Å². The number of esters is 1. The van der Waals surface area contributed by atoms with Crippen molar-refractivity contribution in [1.82, 2.24) is 4.98 Å². The molecular formula is C16H20N2O6. The van der Waals surface area contributed by atoms with Gasteiger partial charge in [-0.2, -0.15) is 0 Å². The summed E-state index contributed by atoms with van der Waals surface area (Å²) < 4.78 is 15.1. The summed E-state index contributed by atoms with van der Waals surface area (Å²) in [5, 5.41) is 12.1. The summed E-state index contributed by atoms with van der Waals surface area (Å²) >= 11 is 0. The molecular weight excluding hydrogens is 316 g/mol. The first-order valence-corrected chi connectivity index (χ1v) is 7.37. The molecule has 0 amide bonds. The summed E-state index contributed by atoms with van der Waals surface area (Å²) in [7, 11) is 2.73. The van der Waals surface area contributed by atoms with Gasteiger partial charge in [0, 0.05) is 36.1 Å². The van der Waals surface area contributed by atoms with E-state index in [-0.39, 0.29) is 6.42 Å². The molecule has 1 aromatic carbocycles. The number of carbonyl (C=O) groups excluding carboxylic acids is 1. The van der Waals surface area contributed by atoms with E-state index in [1.54, 1.807) is 25.4 Å². The van der Waals surface area contributed by atoms with Crippen molar-refractivity contribution in [2.75, 3.05) is 27.4 Å². The zero-order valence-corrected chi connectivity index (χ0v) is 13.8. The number of hydrogen-bond acceptors (Lipinski definition) is 6. The molecule has 8 nitrogen and oxygen atoms in total. The van der Waals surface area contributed by atoms with Gasteiger partial charge in [-0.15, -0.1) is 0 Å². The molecule has 8 heteroatoms. The quantitative estimate of drug-likeness (QED) is 0.342. The summed E-state index contributed by atoms with van der Waals surface area (Å²) in [6.07, 6.45) is 1.57. The van der Waals surface area contributed by atoms with E-state index >= 15 is 0 Å². The molecule has 0 saturated carbocycles. The number of carbonyl (C=O) groups is 1. The fraction of sp³-hybridized carbons (Fsp3) is 0.438. The molecule has 0 aliphatic rings. The van der Waals surface area contributed by atoms with Gasteiger partial charge in [0.15, 0.2) is 0 Å². The zero-order valence-electron chi connectivity index (χ0n) is 13.8. The maximum atomic E-state index is 11.9. The van der Waals surface area contributed by atoms with Gasteiger partial charge >= 0.3 is 11.5 Å². The molecule has 0 radical (unpaired) electrons. The summed E-state index contributed by atoms with van der Waals surface area (Å²) in [6.45, 7) is 2.12. The Morgan fingerprint density at radius 1 is 1.33 bits per heavy atom. The SMILES string of the molecule is COCCOc1ccc2[nH]cc(CC(C)(C(=O)OC)[N+](=O)[O-])c2c1. The fourth-order valence-corrected chi connectivity index (χ4v) is 2.44. The molecule has 2 aromatic rings. The predicted molar refractivity (Wildman–Crippen MR) is 86.8 cm³/mol. The van der Waals surface area contributed by atoms with Crippen LogP contribution in [-0.4, -0.2) is 48.8 Å². The molecule has 0 aliphatic carbocycles. The van der Waals surface area contributed by atoms with Crippen LogP contribution >= 0.6 is 0 Å². The minimum atomic E-state index is -1.85. The topological polar surface area (TPSA) is 104 Å². The number of hydrogen-bond donors (Lipinski definition) is 1. The van der Waals surface area contributed by atoms with Gasteiger partial charge in [0.25, 0.3) is 0 Å². The number of rotatable bonds is 8. The minimum absolute atomic E-state index is 0.0891. The molecule has 1 aromatic heterocycles. The molecule has 0 aliphatic heterocycles. The van der Waals surface area contributed by atoms with E-state index in [4.69, 9.17) is 9.47 Å². The van der Waals surface area contributed by atoms with Crippen molar-refractivity contribution in [2.45, 2.75) is 18.9 Å². The Hall–Kier alpha value is -2.61. The van der Waals surface area contributed by atoms with Crippen molar-refractivity contribution in [2.24, 2.45) is 0 Å². The van der Waals surface area contributed by atoms with E-state index in [0.29, 0.717) is 24.5 Å². The molecule has 1 unspecified atom stereocenters. The highest BCUT2D eigenvalue weighted by Crippen LogP contribution is 2.28. The Bertz CT molecular complexity index is 741. The lowest BCUT2D eigenvalue weighted by molar-refractivity contribution is -0.550. The molecule has 1 heterocycles. The van der Waals surface area contributed by atoms with E-state index in [2.05, 4.69) is 9.72 Å². The van der Waals surface area contributed by atoms with Crippen LogP contribution in [0.1, 0.15) is 12.5 Å². The Kier molecular flexibility index (Phi) is 5.40. The number of nitrogens with one attached hydrogen (secondary N) is 1. The van der Waals surface area contributed by atoms with E-state index in [1.807, 2.05) is 6.07 Å². The first kappa shape index (κ1) is 17.7. The molecule has 1 N–H and O–H groups in total. The molecule has 0 fully saturated rings. The Labute approximate surface area is 138 Å². The maximum Gasteiger partial charge on any atom is 0.384 e. The number of fused-ring (bicyclic) bond motifs is 1. The van der Waals surface area contributed by atoms with E-state index in [9.17, 15) is 14.9 Å². The van der Waals surface area contributed by atoms with Gasteiger partial charge in [0.1, 0.15) is 12.4 Å². The summed E-state index contributed by atoms with van der Waals surface area (Å²) in [5.74, 6) is -0.254. The van der Waals surface area contributed by atoms with Crippen LogP contribution in [0.25, 0.3) is 10.9 Å². The second kappa shape index (κ2) is 7.31. The number of methoxy groups -OCH3 is 2. The molecule has 0 saturated heterocycles. The second-order valence-corrected chi connectivity index (χ2v) is 5.56. The van der Waals surface area contributed by atoms with Crippen LogP contribution in [-0.2, 0) is 20.7 Å². The van der Waals surface area contributed by atoms with Crippen molar-refractivity contribution in [3.05, 3.63) is 40.1 Å². The molecule has 2 rings (SSSR count). The van der Waals surface area contributed by atoms with Crippen molar-refractivity contribution in [3.63, 3.8) is 0 Å². The van der Waals surface area contributed by atoms with Crippen molar-refractivity contribution in [3.8, 4) is 5.75 Å². The molecule has 1 atom stereocenters. The third kappa shape index (κ3) is 3.48. The van der Waals surface area contributed by atoms with Crippen LogP contribution in [0.2, 0.25) is 0 Å². The van der Waals surface area contributed by atoms with E-state index < -0.39 is 16.4 Å². The Balaban J connectivity index is 2.32. The van der Waals surface area contributed by atoms with Crippen LogP contribution in [0.3, 0.4) is 0 Å². The van der Waals surface area contributed by atoms with Crippen molar-refractivity contribution < 1.29 is 23.9 Å². The average molecular weight is 336 g/mol. The standard InChI is InChI=1S/C16H20N2O6/c1-16(18(20)21,15(19)23-3)9-11-10-17-14-5-4-12(8-13(11)14)24-7-6-22-2/h4-5,8,10,17H,6-7,9H2,1-3H3. The lowest BCUT2D eigenvalue weighted by Gasteiger charge is -2.17. The van der Waals surface area contributed by atoms with Gasteiger partial charge < -0.3 is 19.2 Å². The van der Waals surface area contributed by atoms with Gasteiger partial charge in [-0.25, -0.2) is 4.79 Å². The van der Waals surface area contributed by atoms with Crippen LogP contribution in [0.5, 0.6) is 5.75 Å². The summed E-state index contributed by atoms with van der Waals surface area (Å²) in [5.41, 5.74) is -0.400. The third-order valence-corrected chi connectivity index (χ3v) is 3.86. The predicted octanol–water partition coefficient (Wildman–Crippen LogP) is 1.94. The molecule has 0 bridgehead atoms. The third-order valence-electron chi connectivity index (χ3n) is 3.86. The average Bonchev–Trinajstić information content (AvgIpc) is 2.96. The van der Waals surface area contributed by atoms with Gasteiger partial charge in [0.2, 0.25) is 0 Å². The van der Waals surface area contributed by atoms with Crippen LogP contribution in [0.15, 0.2) is 24.4 Å². The van der Waals surface area contributed by atoms with Crippen LogP contribution < -0.4 is 4.74 Å². The molecule has 130 valence electrons. The monoisotopic (exact) mass is 336 g/mol. The second-order valence-electron chi connectivity index (χ2n) is 5.56. The number of nitrogens with zero attached hydrogens (tertiary/aromatic N) is 1.